The van der Waals surface area contributed by atoms with Crippen LogP contribution in [0.4, 0.5) is 15.3 Å². The van der Waals surface area contributed by atoms with Crippen LogP contribution >= 0.6 is 0 Å². The maximum absolute atomic E-state index is 11.8. The Labute approximate surface area is 143 Å². The van der Waals surface area contributed by atoms with Crippen molar-refractivity contribution in [3.8, 4) is 0 Å². The normalized spacial score (nSPS) is 16.1. The number of amides is 2. The van der Waals surface area contributed by atoms with Crippen LogP contribution in [0.25, 0.3) is 0 Å². The van der Waals surface area contributed by atoms with Gasteiger partial charge in [0.2, 0.25) is 0 Å². The van der Waals surface area contributed by atoms with Crippen LogP contribution < -0.4 is 10.6 Å². The van der Waals surface area contributed by atoms with Crippen molar-refractivity contribution in [1.29, 1.82) is 0 Å². The highest BCUT2D eigenvalue weighted by Crippen LogP contribution is 2.14. The molecule has 0 aromatic heterocycles. The van der Waals surface area contributed by atoms with Crippen molar-refractivity contribution in [3.05, 3.63) is 65.7 Å². The Morgan fingerprint density at radius 2 is 1.76 bits per heavy atom. The van der Waals surface area contributed by atoms with E-state index in [2.05, 4.69) is 15.4 Å². The summed E-state index contributed by atoms with van der Waals surface area (Å²) < 4.78 is 9.56. The highest BCUT2D eigenvalue weighted by molar-refractivity contribution is 5.95. The molecule has 25 heavy (non-hydrogen) atoms. The van der Waals surface area contributed by atoms with Gasteiger partial charge in [0, 0.05) is 12.1 Å². The summed E-state index contributed by atoms with van der Waals surface area (Å²) in [7, 11) is 0. The van der Waals surface area contributed by atoms with E-state index in [4.69, 9.17) is 4.74 Å². The van der Waals surface area contributed by atoms with Crippen molar-refractivity contribution < 1.29 is 23.9 Å². The fourth-order valence-corrected chi connectivity index (χ4v) is 2.36. The summed E-state index contributed by atoms with van der Waals surface area (Å²) in [5.41, 5.74) is 2.30. The minimum absolute atomic E-state index is 0.189. The summed E-state index contributed by atoms with van der Waals surface area (Å²) in [4.78, 5) is 34.2. The van der Waals surface area contributed by atoms with Crippen molar-refractivity contribution in [1.82, 2.24) is 5.32 Å². The van der Waals surface area contributed by atoms with E-state index in [-0.39, 0.29) is 6.61 Å². The van der Waals surface area contributed by atoms with Crippen LogP contribution in [0, 0.1) is 0 Å². The second kappa shape index (κ2) is 7.48. The van der Waals surface area contributed by atoms with E-state index in [0.29, 0.717) is 12.1 Å². The summed E-state index contributed by atoms with van der Waals surface area (Å²) in [6, 6.07) is 15.6. The van der Waals surface area contributed by atoms with Crippen molar-refractivity contribution in [2.75, 3.05) is 5.32 Å². The van der Waals surface area contributed by atoms with E-state index in [0.717, 1.165) is 11.1 Å². The lowest BCUT2D eigenvalue weighted by Crippen LogP contribution is -2.30. The lowest BCUT2D eigenvalue weighted by molar-refractivity contribution is -0.135. The monoisotopic (exact) mass is 340 g/mol. The maximum Gasteiger partial charge on any atom is 0.415 e. The van der Waals surface area contributed by atoms with E-state index in [1.54, 1.807) is 24.3 Å². The molecular weight excluding hydrogens is 324 g/mol. The minimum atomic E-state index is -0.727. The number of anilines is 1. The number of benzene rings is 2. The number of hydrogen-bond acceptors (Lipinski definition) is 5. The molecule has 1 heterocycles. The number of hydrogen-bond donors (Lipinski definition) is 2. The SMILES string of the molecule is O=C(Nc1ccc(CC2NC(=O)OC2=O)cc1)OCc1ccccc1. The van der Waals surface area contributed by atoms with Crippen LogP contribution in [-0.4, -0.2) is 24.2 Å². The van der Waals surface area contributed by atoms with E-state index < -0.39 is 24.2 Å². The summed E-state index contributed by atoms with van der Waals surface area (Å²) >= 11 is 0. The first-order valence-electron chi connectivity index (χ1n) is 7.69. The standard InChI is InChI=1S/C18H16N2O5/c21-16-15(20-18(23)25-16)10-12-6-8-14(9-7-12)19-17(22)24-11-13-4-2-1-3-5-13/h1-9,15H,10-11H2,(H,19,22)(H,20,23). The van der Waals surface area contributed by atoms with Crippen molar-refractivity contribution in [3.63, 3.8) is 0 Å². The van der Waals surface area contributed by atoms with Gasteiger partial charge in [-0.25, -0.2) is 14.4 Å². The molecule has 7 heteroatoms. The molecule has 1 aliphatic rings. The van der Waals surface area contributed by atoms with Gasteiger partial charge in [0.05, 0.1) is 0 Å². The van der Waals surface area contributed by atoms with Crippen molar-refractivity contribution in [2.45, 2.75) is 19.1 Å². The molecular formula is C18H16N2O5. The molecule has 0 saturated carbocycles. The molecule has 0 spiro atoms. The van der Waals surface area contributed by atoms with Gasteiger partial charge < -0.3 is 14.8 Å². The van der Waals surface area contributed by atoms with Crippen LogP contribution in [-0.2, 0) is 27.3 Å². The van der Waals surface area contributed by atoms with E-state index >= 15 is 0 Å². The highest BCUT2D eigenvalue weighted by atomic mass is 16.6. The Bertz CT molecular complexity index is 774. The Morgan fingerprint density at radius 3 is 2.40 bits per heavy atom. The Morgan fingerprint density at radius 1 is 1.04 bits per heavy atom. The summed E-state index contributed by atoms with van der Waals surface area (Å²) in [5, 5.41) is 5.06. The van der Waals surface area contributed by atoms with Crippen LogP contribution in [0.5, 0.6) is 0 Å². The molecule has 0 aliphatic carbocycles. The van der Waals surface area contributed by atoms with Crippen LogP contribution in [0.1, 0.15) is 11.1 Å². The second-order valence-electron chi connectivity index (χ2n) is 5.49. The number of nitrogens with one attached hydrogen (secondary N) is 2. The summed E-state index contributed by atoms with van der Waals surface area (Å²) in [6.45, 7) is 0.189. The number of carbonyl (C=O) groups is 3. The van der Waals surface area contributed by atoms with Crippen LogP contribution in [0.2, 0.25) is 0 Å². The number of ether oxygens (including phenoxy) is 2. The Balaban J connectivity index is 1.49. The zero-order valence-electron chi connectivity index (χ0n) is 13.2. The average Bonchev–Trinajstić information content (AvgIpc) is 2.93. The van der Waals surface area contributed by atoms with Gasteiger partial charge in [-0.15, -0.1) is 0 Å². The molecule has 2 aromatic rings. The molecule has 0 bridgehead atoms. The highest BCUT2D eigenvalue weighted by Gasteiger charge is 2.32. The molecule has 3 rings (SSSR count). The van der Waals surface area contributed by atoms with Gasteiger partial charge in [0.15, 0.2) is 0 Å². The Kier molecular flexibility index (Phi) is 4.94. The quantitative estimate of drug-likeness (QED) is 0.644. The molecule has 1 unspecified atom stereocenters. The van der Waals surface area contributed by atoms with E-state index in [9.17, 15) is 14.4 Å². The average molecular weight is 340 g/mol. The number of carbonyl (C=O) groups excluding carboxylic acids is 3. The molecule has 7 nitrogen and oxygen atoms in total. The van der Waals surface area contributed by atoms with Gasteiger partial charge in [0.1, 0.15) is 12.6 Å². The molecule has 2 N–H and O–H groups in total. The molecule has 2 aromatic carbocycles. The molecule has 1 fully saturated rings. The lowest BCUT2D eigenvalue weighted by atomic mass is 10.1. The largest absolute Gasteiger partial charge is 0.444 e. The molecule has 1 atom stereocenters. The Hall–Kier alpha value is -3.35. The predicted molar refractivity (Wildman–Crippen MR) is 88.8 cm³/mol. The van der Waals surface area contributed by atoms with Gasteiger partial charge in [-0.3, -0.25) is 5.32 Å². The molecule has 0 radical (unpaired) electrons. The summed E-state index contributed by atoms with van der Waals surface area (Å²) in [6.07, 6.45) is -0.957. The topological polar surface area (TPSA) is 93.7 Å². The number of cyclic esters (lactones) is 2. The number of alkyl carbamates (subject to hydrolysis) is 1. The fraction of sp³-hybridized carbons (Fsp3) is 0.167. The third-order valence-electron chi connectivity index (χ3n) is 3.62. The maximum atomic E-state index is 11.8. The van der Waals surface area contributed by atoms with Crippen molar-refractivity contribution >= 4 is 23.8 Å². The third-order valence-corrected chi connectivity index (χ3v) is 3.62. The van der Waals surface area contributed by atoms with Gasteiger partial charge in [-0.2, -0.15) is 0 Å². The lowest BCUT2D eigenvalue weighted by Gasteiger charge is -2.09. The summed E-state index contributed by atoms with van der Waals surface area (Å²) in [5.74, 6) is -0.586. The molecule has 1 aliphatic heterocycles. The smallest absolute Gasteiger partial charge is 0.415 e. The molecule has 2 amide bonds. The zero-order valence-corrected chi connectivity index (χ0v) is 13.2. The van der Waals surface area contributed by atoms with Crippen LogP contribution in [0.3, 0.4) is 0 Å². The zero-order chi connectivity index (χ0) is 17.6. The first-order valence-corrected chi connectivity index (χ1v) is 7.69. The predicted octanol–water partition coefficient (Wildman–Crippen LogP) is 2.61. The van der Waals surface area contributed by atoms with Gasteiger partial charge in [-0.1, -0.05) is 42.5 Å². The fourth-order valence-electron chi connectivity index (χ4n) is 2.36. The number of rotatable bonds is 5. The minimum Gasteiger partial charge on any atom is -0.444 e. The second-order valence-corrected chi connectivity index (χ2v) is 5.49. The van der Waals surface area contributed by atoms with Crippen molar-refractivity contribution in [2.24, 2.45) is 0 Å². The van der Waals surface area contributed by atoms with Crippen LogP contribution in [0.15, 0.2) is 54.6 Å². The first-order chi connectivity index (χ1) is 12.1. The van der Waals surface area contributed by atoms with E-state index in [1.165, 1.54) is 0 Å². The van der Waals surface area contributed by atoms with E-state index in [1.807, 2.05) is 30.3 Å². The first kappa shape index (κ1) is 16.5. The van der Waals surface area contributed by atoms with Gasteiger partial charge >= 0.3 is 18.2 Å². The van der Waals surface area contributed by atoms with Gasteiger partial charge in [-0.05, 0) is 23.3 Å². The van der Waals surface area contributed by atoms with Gasteiger partial charge in [0.25, 0.3) is 0 Å². The molecule has 128 valence electrons. The number of esters is 1. The molecule has 1 saturated heterocycles. The third kappa shape index (κ3) is 4.57.